The summed E-state index contributed by atoms with van der Waals surface area (Å²) in [7, 11) is 3.12. The molecule has 4 rings (SSSR count). The third kappa shape index (κ3) is 3.17. The number of rotatable bonds is 5. The molecule has 0 saturated carbocycles. The van der Waals surface area contributed by atoms with Crippen molar-refractivity contribution in [1.29, 1.82) is 0 Å². The van der Waals surface area contributed by atoms with Crippen molar-refractivity contribution in [3.63, 3.8) is 0 Å². The number of imidazole rings is 1. The largest absolute Gasteiger partial charge is 0.493 e. The number of hydrogen-bond donors (Lipinski definition) is 3. The van der Waals surface area contributed by atoms with Gasteiger partial charge in [0.15, 0.2) is 17.7 Å². The van der Waals surface area contributed by atoms with Crippen LogP contribution >= 0.6 is 0 Å². The summed E-state index contributed by atoms with van der Waals surface area (Å²) in [5.41, 5.74) is 4.75. The third-order valence-electron chi connectivity index (χ3n) is 4.86. The molecule has 3 heterocycles. The Hall–Kier alpha value is -3.10. The fraction of sp³-hybridized carbons (Fsp3) is 0.300. The number of nitrogens with one attached hydrogen (secondary N) is 1. The third-order valence-corrected chi connectivity index (χ3v) is 4.86. The number of fused-ring (bicyclic) bond motifs is 2. The normalized spacial score (nSPS) is 15.8. The summed E-state index contributed by atoms with van der Waals surface area (Å²) in [6.07, 6.45) is 3.30. The number of aliphatic hydroxyl groups is 2. The first-order chi connectivity index (χ1) is 13.5. The van der Waals surface area contributed by atoms with Crippen LogP contribution in [0.25, 0.3) is 5.65 Å². The van der Waals surface area contributed by atoms with Gasteiger partial charge in [0.2, 0.25) is 0 Å². The minimum atomic E-state index is -0.994. The molecule has 1 aliphatic heterocycles. The average Bonchev–Trinajstić information content (AvgIpc) is 3.07. The molecule has 3 N–H and O–H groups in total. The fourth-order valence-corrected chi connectivity index (χ4v) is 3.37. The van der Waals surface area contributed by atoms with Crippen LogP contribution in [0.2, 0.25) is 0 Å². The quantitative estimate of drug-likeness (QED) is 0.626. The van der Waals surface area contributed by atoms with Gasteiger partial charge in [-0.3, -0.25) is 0 Å². The highest BCUT2D eigenvalue weighted by Crippen LogP contribution is 2.38. The molecule has 0 radical (unpaired) electrons. The van der Waals surface area contributed by atoms with Gasteiger partial charge in [-0.2, -0.15) is 0 Å². The standard InChI is InChI=1S/C20H22N4O4/c1-11-8-24-9-13(21-19(24)4-12(11)10-25)5-18-22-15-7-17(28-3)16(27-2)6-14(15)20(26)23-18/h4,6-9,20,25-26H,5,10H2,1-3H3,(H,22,23). The molecular weight excluding hydrogens is 360 g/mol. The zero-order chi connectivity index (χ0) is 19.8. The molecule has 28 heavy (non-hydrogen) atoms. The van der Waals surface area contributed by atoms with E-state index < -0.39 is 6.23 Å². The number of aromatic nitrogens is 2. The highest BCUT2D eigenvalue weighted by atomic mass is 16.5. The summed E-state index contributed by atoms with van der Waals surface area (Å²) in [5, 5.41) is 23.1. The summed E-state index contributed by atoms with van der Waals surface area (Å²) in [4.78, 5) is 8.95. The summed E-state index contributed by atoms with van der Waals surface area (Å²) in [6.45, 7) is 1.93. The second kappa shape index (κ2) is 7.14. The molecule has 0 saturated heterocycles. The number of aliphatic imine (C=N–C) groups is 1. The van der Waals surface area contributed by atoms with E-state index in [1.54, 1.807) is 26.4 Å². The number of methoxy groups -OCH3 is 2. The first-order valence-corrected chi connectivity index (χ1v) is 8.88. The Morgan fingerprint density at radius 3 is 2.61 bits per heavy atom. The molecule has 8 nitrogen and oxygen atoms in total. The molecule has 1 aliphatic rings. The number of nitrogens with zero attached hydrogens (tertiary/aromatic N) is 3. The van der Waals surface area contributed by atoms with Gasteiger partial charge in [0.25, 0.3) is 0 Å². The number of ether oxygens (including phenoxy) is 2. The average molecular weight is 382 g/mol. The van der Waals surface area contributed by atoms with Crippen LogP contribution < -0.4 is 14.8 Å². The number of benzene rings is 1. The summed E-state index contributed by atoms with van der Waals surface area (Å²) in [5.74, 6) is 1.72. The summed E-state index contributed by atoms with van der Waals surface area (Å²) in [6, 6.07) is 5.37. The van der Waals surface area contributed by atoms with Crippen molar-refractivity contribution in [2.75, 3.05) is 19.5 Å². The Labute approximate surface area is 162 Å². The lowest BCUT2D eigenvalue weighted by molar-refractivity contribution is 0.187. The molecule has 146 valence electrons. The van der Waals surface area contributed by atoms with Gasteiger partial charge < -0.3 is 29.4 Å². The fourth-order valence-electron chi connectivity index (χ4n) is 3.37. The smallest absolute Gasteiger partial charge is 0.175 e. The van der Waals surface area contributed by atoms with Crippen LogP contribution in [0.15, 0.2) is 35.6 Å². The number of aliphatic hydroxyl groups excluding tert-OH is 2. The van der Waals surface area contributed by atoms with E-state index in [1.807, 2.05) is 29.8 Å². The van der Waals surface area contributed by atoms with Crippen molar-refractivity contribution in [1.82, 2.24) is 9.38 Å². The second-order valence-electron chi connectivity index (χ2n) is 6.68. The van der Waals surface area contributed by atoms with Gasteiger partial charge in [0, 0.05) is 30.4 Å². The van der Waals surface area contributed by atoms with Crippen LogP contribution in [0, 0.1) is 6.92 Å². The molecule has 0 fully saturated rings. The van der Waals surface area contributed by atoms with Crippen LogP contribution in [0.1, 0.15) is 28.6 Å². The van der Waals surface area contributed by atoms with Gasteiger partial charge in [-0.25, -0.2) is 9.98 Å². The van der Waals surface area contributed by atoms with E-state index >= 15 is 0 Å². The maximum Gasteiger partial charge on any atom is 0.175 e. The van der Waals surface area contributed by atoms with Crippen molar-refractivity contribution in [3.05, 3.63) is 53.0 Å². The Bertz CT molecular complexity index is 1070. The van der Waals surface area contributed by atoms with Crippen LogP contribution in [0.4, 0.5) is 5.69 Å². The lowest BCUT2D eigenvalue weighted by atomic mass is 10.1. The Balaban J connectivity index is 1.63. The van der Waals surface area contributed by atoms with Crippen LogP contribution in [-0.2, 0) is 13.0 Å². The zero-order valence-electron chi connectivity index (χ0n) is 15.9. The first kappa shape index (κ1) is 18.3. The number of hydrogen-bond acceptors (Lipinski definition) is 7. The Kier molecular flexibility index (Phi) is 4.66. The van der Waals surface area contributed by atoms with Crippen LogP contribution in [0.3, 0.4) is 0 Å². The number of aryl methyl sites for hydroxylation is 1. The minimum Gasteiger partial charge on any atom is -0.493 e. The molecule has 0 aliphatic carbocycles. The van der Waals surface area contributed by atoms with E-state index in [2.05, 4.69) is 15.3 Å². The van der Waals surface area contributed by atoms with Crippen LogP contribution in [0.5, 0.6) is 11.5 Å². The predicted octanol–water partition coefficient (Wildman–Crippen LogP) is 2.21. The molecule has 8 heteroatoms. The van der Waals surface area contributed by atoms with E-state index in [9.17, 15) is 10.2 Å². The maximum absolute atomic E-state index is 10.5. The molecule has 0 spiro atoms. The molecule has 1 unspecified atom stereocenters. The van der Waals surface area contributed by atoms with Gasteiger partial charge in [0.05, 0.1) is 32.2 Å². The second-order valence-corrected chi connectivity index (χ2v) is 6.68. The van der Waals surface area contributed by atoms with E-state index in [0.717, 1.165) is 28.2 Å². The van der Waals surface area contributed by atoms with Gasteiger partial charge in [-0.15, -0.1) is 0 Å². The van der Waals surface area contributed by atoms with Gasteiger partial charge >= 0.3 is 0 Å². The predicted molar refractivity (Wildman–Crippen MR) is 105 cm³/mol. The first-order valence-electron chi connectivity index (χ1n) is 8.88. The highest BCUT2D eigenvalue weighted by molar-refractivity contribution is 5.99. The number of anilines is 1. The van der Waals surface area contributed by atoms with E-state index in [0.29, 0.717) is 29.3 Å². The van der Waals surface area contributed by atoms with Gasteiger partial charge in [0.1, 0.15) is 11.5 Å². The Morgan fingerprint density at radius 1 is 1.14 bits per heavy atom. The summed E-state index contributed by atoms with van der Waals surface area (Å²) >= 11 is 0. The monoisotopic (exact) mass is 382 g/mol. The van der Waals surface area contributed by atoms with Crippen molar-refractivity contribution in [3.8, 4) is 11.5 Å². The number of pyridine rings is 1. The number of amidine groups is 1. The summed E-state index contributed by atoms with van der Waals surface area (Å²) < 4.78 is 12.6. The molecule has 2 aromatic heterocycles. The molecule has 1 atom stereocenters. The highest BCUT2D eigenvalue weighted by Gasteiger charge is 2.23. The maximum atomic E-state index is 10.5. The van der Waals surface area contributed by atoms with Crippen molar-refractivity contribution < 1.29 is 19.7 Å². The molecule has 0 bridgehead atoms. The van der Waals surface area contributed by atoms with Crippen LogP contribution in [-0.4, -0.2) is 39.7 Å². The van der Waals surface area contributed by atoms with Gasteiger partial charge in [-0.1, -0.05) is 0 Å². The topological polar surface area (TPSA) is 101 Å². The SMILES string of the molecule is COc1cc2c(cc1OC)C(O)N=C(Cc1cn3cc(C)c(CO)cc3n1)N2. The van der Waals surface area contributed by atoms with Crippen molar-refractivity contribution in [2.24, 2.45) is 4.99 Å². The lowest BCUT2D eigenvalue weighted by Gasteiger charge is -2.23. The van der Waals surface area contributed by atoms with E-state index in [1.165, 1.54) is 0 Å². The molecule has 0 amide bonds. The lowest BCUT2D eigenvalue weighted by Crippen LogP contribution is -2.22. The van der Waals surface area contributed by atoms with Crippen molar-refractivity contribution >= 4 is 17.2 Å². The molecule has 3 aromatic rings. The minimum absolute atomic E-state index is 0.0208. The Morgan fingerprint density at radius 2 is 1.89 bits per heavy atom. The molecule has 1 aromatic carbocycles. The molecular formula is C20H22N4O4. The van der Waals surface area contributed by atoms with E-state index in [-0.39, 0.29) is 6.61 Å². The zero-order valence-corrected chi connectivity index (χ0v) is 15.9. The van der Waals surface area contributed by atoms with Crippen molar-refractivity contribution in [2.45, 2.75) is 26.2 Å². The van der Waals surface area contributed by atoms with E-state index in [4.69, 9.17) is 9.47 Å². The van der Waals surface area contributed by atoms with Gasteiger partial charge in [-0.05, 0) is 30.2 Å².